The molecule has 0 heterocycles. The van der Waals surface area contributed by atoms with Crippen LogP contribution in [-0.4, -0.2) is 34.2 Å². The minimum absolute atomic E-state index is 0.0207. The molecule has 5 nitrogen and oxygen atoms in total. The molecule has 0 radical (unpaired) electrons. The van der Waals surface area contributed by atoms with Crippen LogP contribution in [0, 0.1) is 0 Å². The van der Waals surface area contributed by atoms with Crippen molar-refractivity contribution < 1.29 is 23.7 Å². The number of methoxy groups -OCH3 is 4. The molecule has 1 aliphatic carbocycles. The highest BCUT2D eigenvalue weighted by atomic mass is 16.5. The van der Waals surface area contributed by atoms with Gasteiger partial charge in [0.05, 0.1) is 28.4 Å². The third kappa shape index (κ3) is 2.13. The molecule has 132 valence electrons. The molecule has 3 aromatic carbocycles. The fourth-order valence-corrected chi connectivity index (χ4v) is 3.55. The van der Waals surface area contributed by atoms with E-state index in [4.69, 9.17) is 18.9 Å². The average molecular weight is 350 g/mol. The second kappa shape index (κ2) is 5.95. The van der Waals surface area contributed by atoms with Crippen LogP contribution in [0.15, 0.2) is 36.4 Å². The van der Waals surface area contributed by atoms with Gasteiger partial charge in [-0.3, -0.25) is 4.79 Å². The highest BCUT2D eigenvalue weighted by Crippen LogP contribution is 2.47. The van der Waals surface area contributed by atoms with Crippen molar-refractivity contribution >= 4 is 16.6 Å². The maximum Gasteiger partial charge on any atom is 0.194 e. The van der Waals surface area contributed by atoms with E-state index < -0.39 is 0 Å². The summed E-state index contributed by atoms with van der Waals surface area (Å²) in [6, 6.07) is 11.2. The second-order valence-corrected chi connectivity index (χ2v) is 6.00. The van der Waals surface area contributed by atoms with Gasteiger partial charge in [0.2, 0.25) is 0 Å². The number of benzene rings is 3. The topological polar surface area (TPSA) is 54.0 Å². The van der Waals surface area contributed by atoms with Crippen LogP contribution in [-0.2, 0) is 0 Å². The van der Waals surface area contributed by atoms with Crippen LogP contribution in [0.3, 0.4) is 0 Å². The third-order valence-corrected chi connectivity index (χ3v) is 4.81. The van der Waals surface area contributed by atoms with E-state index in [1.54, 1.807) is 34.5 Å². The number of fused-ring (bicyclic) bond motifs is 5. The minimum Gasteiger partial charge on any atom is -0.493 e. The highest BCUT2D eigenvalue weighted by molar-refractivity contribution is 6.26. The fourth-order valence-electron chi connectivity index (χ4n) is 3.55. The summed E-state index contributed by atoms with van der Waals surface area (Å²) in [5.41, 5.74) is 2.99. The van der Waals surface area contributed by atoms with Crippen molar-refractivity contribution in [3.63, 3.8) is 0 Å². The molecule has 0 spiro atoms. The Labute approximate surface area is 151 Å². The van der Waals surface area contributed by atoms with Crippen LogP contribution >= 0.6 is 0 Å². The average Bonchev–Trinajstić information content (AvgIpc) is 2.97. The van der Waals surface area contributed by atoms with E-state index in [1.165, 1.54) is 0 Å². The molecule has 4 rings (SSSR count). The summed E-state index contributed by atoms with van der Waals surface area (Å²) in [6.45, 7) is 0. The first-order chi connectivity index (χ1) is 12.6. The quantitative estimate of drug-likeness (QED) is 0.555. The van der Waals surface area contributed by atoms with Crippen molar-refractivity contribution in [3.05, 3.63) is 47.5 Å². The Morgan fingerprint density at radius 2 is 1.15 bits per heavy atom. The molecule has 0 saturated heterocycles. The molecule has 0 saturated carbocycles. The molecule has 0 aromatic heterocycles. The van der Waals surface area contributed by atoms with Gasteiger partial charge in [-0.15, -0.1) is 0 Å². The molecule has 0 atom stereocenters. The lowest BCUT2D eigenvalue weighted by molar-refractivity contribution is 0.104. The van der Waals surface area contributed by atoms with Gasteiger partial charge in [0.25, 0.3) is 0 Å². The van der Waals surface area contributed by atoms with Gasteiger partial charge in [-0.05, 0) is 46.7 Å². The van der Waals surface area contributed by atoms with E-state index in [1.807, 2.05) is 30.3 Å². The minimum atomic E-state index is -0.0207. The predicted octanol–water partition coefficient (Wildman–Crippen LogP) is 4.09. The largest absolute Gasteiger partial charge is 0.493 e. The van der Waals surface area contributed by atoms with Crippen LogP contribution in [0.25, 0.3) is 21.9 Å². The van der Waals surface area contributed by atoms with Gasteiger partial charge in [0.15, 0.2) is 28.8 Å². The Bertz CT molecular complexity index is 1050. The molecule has 3 aromatic rings. The van der Waals surface area contributed by atoms with Crippen molar-refractivity contribution in [2.45, 2.75) is 0 Å². The standard InChI is InChI=1S/C21H18O5/c1-23-16-7-11-5-6-12-20(13(11)8-17(16)24-2)14-9-18(25-3)19(26-4)10-15(14)21(12)22/h5-10H,1-4H3. The lowest BCUT2D eigenvalue weighted by Gasteiger charge is -2.13. The first-order valence-electron chi connectivity index (χ1n) is 8.12. The molecule has 26 heavy (non-hydrogen) atoms. The zero-order valence-corrected chi connectivity index (χ0v) is 15.0. The SMILES string of the molecule is COc1cc2c(cc1OC)-c1c(ccc3cc(OC)c(OC)cc13)C2=O. The molecular weight excluding hydrogens is 332 g/mol. The summed E-state index contributed by atoms with van der Waals surface area (Å²) in [6.07, 6.45) is 0. The molecule has 0 fully saturated rings. The van der Waals surface area contributed by atoms with E-state index in [2.05, 4.69) is 0 Å². The zero-order chi connectivity index (χ0) is 18.4. The number of hydrogen-bond acceptors (Lipinski definition) is 5. The van der Waals surface area contributed by atoms with E-state index in [0.29, 0.717) is 34.1 Å². The molecule has 5 heteroatoms. The predicted molar refractivity (Wildman–Crippen MR) is 99.0 cm³/mol. The number of ether oxygens (including phenoxy) is 4. The number of hydrogen-bond donors (Lipinski definition) is 0. The van der Waals surface area contributed by atoms with Gasteiger partial charge >= 0.3 is 0 Å². The second-order valence-electron chi connectivity index (χ2n) is 6.00. The van der Waals surface area contributed by atoms with Gasteiger partial charge in [0.1, 0.15) is 0 Å². The lowest BCUT2D eigenvalue weighted by Crippen LogP contribution is -1.97. The first kappa shape index (κ1) is 16.3. The number of ketones is 1. The molecule has 0 N–H and O–H groups in total. The summed E-state index contributed by atoms with van der Waals surface area (Å²) in [5, 5.41) is 1.90. The van der Waals surface area contributed by atoms with Gasteiger partial charge in [-0.1, -0.05) is 6.07 Å². The first-order valence-corrected chi connectivity index (χ1v) is 8.12. The van der Waals surface area contributed by atoms with Crippen LogP contribution in [0.5, 0.6) is 23.0 Å². The molecule has 0 amide bonds. The van der Waals surface area contributed by atoms with E-state index >= 15 is 0 Å². The maximum atomic E-state index is 12.9. The molecule has 0 bridgehead atoms. The van der Waals surface area contributed by atoms with Gasteiger partial charge in [-0.2, -0.15) is 0 Å². The lowest BCUT2D eigenvalue weighted by atomic mass is 9.97. The van der Waals surface area contributed by atoms with Gasteiger partial charge < -0.3 is 18.9 Å². The maximum absolute atomic E-state index is 12.9. The van der Waals surface area contributed by atoms with Crippen LogP contribution in [0.4, 0.5) is 0 Å². The van der Waals surface area contributed by atoms with E-state index in [9.17, 15) is 4.79 Å². The van der Waals surface area contributed by atoms with Crippen molar-refractivity contribution in [2.24, 2.45) is 0 Å². The zero-order valence-electron chi connectivity index (χ0n) is 15.0. The molecule has 0 aliphatic heterocycles. The summed E-state index contributed by atoms with van der Waals surface area (Å²) in [4.78, 5) is 12.9. The number of carbonyl (C=O) groups excluding carboxylic acids is 1. The number of rotatable bonds is 4. The van der Waals surface area contributed by atoms with Crippen LogP contribution in [0.1, 0.15) is 15.9 Å². The van der Waals surface area contributed by atoms with E-state index in [-0.39, 0.29) is 5.78 Å². The Morgan fingerprint density at radius 3 is 1.77 bits per heavy atom. The molecule has 0 unspecified atom stereocenters. The fraction of sp³-hybridized carbons (Fsp3) is 0.190. The van der Waals surface area contributed by atoms with Crippen LogP contribution < -0.4 is 18.9 Å². The summed E-state index contributed by atoms with van der Waals surface area (Å²) >= 11 is 0. The Kier molecular flexibility index (Phi) is 3.72. The van der Waals surface area contributed by atoms with E-state index in [0.717, 1.165) is 21.9 Å². The Morgan fingerprint density at radius 1 is 0.615 bits per heavy atom. The smallest absolute Gasteiger partial charge is 0.194 e. The van der Waals surface area contributed by atoms with Crippen LogP contribution in [0.2, 0.25) is 0 Å². The normalized spacial score (nSPS) is 11.9. The highest BCUT2D eigenvalue weighted by Gasteiger charge is 2.30. The van der Waals surface area contributed by atoms with Crippen molar-refractivity contribution in [1.82, 2.24) is 0 Å². The van der Waals surface area contributed by atoms with Gasteiger partial charge in [-0.25, -0.2) is 0 Å². The van der Waals surface area contributed by atoms with Crippen molar-refractivity contribution in [2.75, 3.05) is 28.4 Å². The Hall–Kier alpha value is -3.21. The summed E-state index contributed by atoms with van der Waals surface area (Å²) in [7, 11) is 6.34. The van der Waals surface area contributed by atoms with Gasteiger partial charge in [0, 0.05) is 16.7 Å². The molecular formula is C21H18O5. The third-order valence-electron chi connectivity index (χ3n) is 4.81. The summed E-state index contributed by atoms with van der Waals surface area (Å²) in [5.74, 6) is 2.37. The Balaban J connectivity index is 2.07. The summed E-state index contributed by atoms with van der Waals surface area (Å²) < 4.78 is 21.6. The van der Waals surface area contributed by atoms with Crippen molar-refractivity contribution in [1.29, 1.82) is 0 Å². The number of carbonyl (C=O) groups is 1. The monoisotopic (exact) mass is 350 g/mol. The van der Waals surface area contributed by atoms with Crippen molar-refractivity contribution in [3.8, 4) is 34.1 Å². The molecule has 1 aliphatic rings.